The maximum atomic E-state index is 10.9. The molecule has 0 aromatic carbocycles. The average Bonchev–Trinajstić information content (AvgIpc) is 2.22. The van der Waals surface area contributed by atoms with Gasteiger partial charge in [0.1, 0.15) is 0 Å². The Morgan fingerprint density at radius 2 is 1.50 bits per heavy atom. The topological polar surface area (TPSA) is 146 Å². The van der Waals surface area contributed by atoms with E-state index in [-0.39, 0.29) is 131 Å². The van der Waals surface area contributed by atoms with Gasteiger partial charge in [-0.15, -0.1) is 0 Å². The SMILES string of the molecule is C[CH-]C[C@@H](C[C@@H](CC)C(N)=O)C(=O)[O-].O=[Si]([O-])[O-].[Na+].[Na+].[Na+].[Na+]. The number of amides is 1. The Hall–Kier alpha value is 2.56. The minimum atomic E-state index is -3.63. The summed E-state index contributed by atoms with van der Waals surface area (Å²) in [5.74, 6) is -2.51. The van der Waals surface area contributed by atoms with Crippen molar-refractivity contribution >= 4 is 21.0 Å². The second kappa shape index (κ2) is 25.8. The van der Waals surface area contributed by atoms with Crippen molar-refractivity contribution in [2.75, 3.05) is 0 Å². The molecule has 12 heteroatoms. The number of aliphatic carboxylic acids is 1. The molecule has 0 aliphatic rings. The molecule has 0 spiro atoms. The van der Waals surface area contributed by atoms with E-state index < -0.39 is 27.0 Å². The normalized spacial score (nSPS) is 10.5. The number of rotatable bonds is 7. The van der Waals surface area contributed by atoms with Gasteiger partial charge in [0.2, 0.25) is 5.91 Å². The smallest absolute Gasteiger partial charge is 0.672 e. The van der Waals surface area contributed by atoms with Gasteiger partial charge in [-0.1, -0.05) is 6.92 Å². The molecule has 0 aromatic rings. The Morgan fingerprint density at radius 1 is 1.14 bits per heavy atom. The van der Waals surface area contributed by atoms with Crippen molar-refractivity contribution in [1.29, 1.82) is 0 Å². The quantitative estimate of drug-likeness (QED) is 0.349. The average molecular weight is 367 g/mol. The standard InChI is InChI=1S/C10H18NO3.4Na.O3Si/c1-3-5-8(10(13)14)6-7(4-2)9(11)12;;;;;1-4(2)3/h3,7-8H,4-6H2,1-2H3,(H2,11,12)(H,13,14);;;;;/q-1;4*+1;-2/p-1/t7-,8+;;;;;/m1...../s1. The second-order valence-corrected chi connectivity index (χ2v) is 4.15. The molecule has 2 N–H and O–H groups in total. The van der Waals surface area contributed by atoms with Crippen LogP contribution in [0.2, 0.25) is 0 Å². The molecule has 0 rings (SSSR count). The van der Waals surface area contributed by atoms with Gasteiger partial charge in [-0.05, 0) is 18.8 Å². The third-order valence-electron chi connectivity index (χ3n) is 2.32. The molecule has 0 bridgehead atoms. The predicted molar refractivity (Wildman–Crippen MR) is 57.1 cm³/mol. The molecule has 0 aromatic heterocycles. The molecule has 0 fully saturated rings. The largest absolute Gasteiger partial charge is 1.00 e. The molecular weight excluding hydrogens is 350 g/mol. The van der Waals surface area contributed by atoms with Gasteiger partial charge in [-0.3, -0.25) is 4.79 Å². The van der Waals surface area contributed by atoms with E-state index in [1.165, 1.54) is 0 Å². The van der Waals surface area contributed by atoms with Gasteiger partial charge in [-0.2, -0.15) is 13.3 Å². The Morgan fingerprint density at radius 3 is 1.68 bits per heavy atom. The monoisotopic (exact) mass is 367 g/mol. The van der Waals surface area contributed by atoms with Crippen molar-refractivity contribution < 1.29 is 147 Å². The molecule has 0 saturated carbocycles. The number of hydrogen-bond donors (Lipinski definition) is 1. The van der Waals surface area contributed by atoms with Gasteiger partial charge in [0.25, 0.3) is 0 Å². The van der Waals surface area contributed by atoms with Gasteiger partial charge < -0.3 is 36.1 Å². The molecule has 22 heavy (non-hydrogen) atoms. The molecule has 1 amide bonds. The number of carbonyl (C=O) groups excluding carboxylic acids is 2. The van der Waals surface area contributed by atoms with E-state index in [4.69, 9.17) is 19.8 Å². The summed E-state index contributed by atoms with van der Waals surface area (Å²) in [6.07, 6.45) is 3.03. The first-order chi connectivity index (χ1) is 8.26. The second-order valence-electron chi connectivity index (χ2n) is 3.65. The molecule has 7 nitrogen and oxygen atoms in total. The van der Waals surface area contributed by atoms with Crippen LogP contribution in [-0.2, 0) is 14.1 Å². The van der Waals surface area contributed by atoms with Gasteiger partial charge >= 0.3 is 118 Å². The number of carboxylic acid groups (broad SMARTS) is 1. The third-order valence-corrected chi connectivity index (χ3v) is 2.32. The Balaban J connectivity index is -0.0000000717. The van der Waals surface area contributed by atoms with Crippen LogP contribution in [0.4, 0.5) is 0 Å². The molecule has 0 unspecified atom stereocenters. The first-order valence-corrected chi connectivity index (χ1v) is 6.64. The van der Waals surface area contributed by atoms with Crippen molar-refractivity contribution in [2.24, 2.45) is 17.6 Å². The van der Waals surface area contributed by atoms with E-state index in [1.807, 2.05) is 6.92 Å². The zero-order valence-corrected chi connectivity index (χ0v) is 23.4. The minimum Gasteiger partial charge on any atom is -0.672 e. The Bertz CT molecular complexity index is 295. The van der Waals surface area contributed by atoms with Crippen molar-refractivity contribution in [3.63, 3.8) is 0 Å². The van der Waals surface area contributed by atoms with Crippen LogP contribution in [0.5, 0.6) is 0 Å². The van der Waals surface area contributed by atoms with Crippen LogP contribution >= 0.6 is 0 Å². The van der Waals surface area contributed by atoms with Crippen LogP contribution in [0.15, 0.2) is 0 Å². The van der Waals surface area contributed by atoms with Crippen molar-refractivity contribution in [3.8, 4) is 0 Å². The van der Waals surface area contributed by atoms with E-state index in [2.05, 4.69) is 0 Å². The minimum absolute atomic E-state index is 0. The van der Waals surface area contributed by atoms with Crippen LogP contribution in [0.3, 0.4) is 0 Å². The Kier molecular flexibility index (Phi) is 46.4. The fraction of sp³-hybridized carbons (Fsp3) is 0.700. The number of carbonyl (C=O) groups is 2. The summed E-state index contributed by atoms with van der Waals surface area (Å²) in [7, 11) is -3.63. The predicted octanol–water partition coefficient (Wildman–Crippen LogP) is -15.0. The fourth-order valence-electron chi connectivity index (χ4n) is 1.40. The van der Waals surface area contributed by atoms with E-state index in [9.17, 15) is 14.7 Å². The third kappa shape index (κ3) is 27.4. The van der Waals surface area contributed by atoms with E-state index in [0.29, 0.717) is 12.8 Å². The zero-order valence-electron chi connectivity index (χ0n) is 14.4. The number of nitrogens with two attached hydrogens (primary N) is 1. The fourth-order valence-corrected chi connectivity index (χ4v) is 1.40. The maximum Gasteiger partial charge on any atom is 1.00 e. The van der Waals surface area contributed by atoms with Crippen LogP contribution in [0.25, 0.3) is 0 Å². The van der Waals surface area contributed by atoms with Crippen molar-refractivity contribution in [1.82, 2.24) is 0 Å². The van der Waals surface area contributed by atoms with Gasteiger partial charge in [-0.25, -0.2) is 0 Å². The summed E-state index contributed by atoms with van der Waals surface area (Å²) in [5.41, 5.74) is 5.13. The molecule has 0 radical (unpaired) electrons. The zero-order chi connectivity index (χ0) is 14.7. The molecule has 0 heterocycles. The van der Waals surface area contributed by atoms with Crippen LogP contribution in [0.1, 0.15) is 33.1 Å². The van der Waals surface area contributed by atoms with E-state index in [1.54, 1.807) is 13.3 Å². The van der Waals surface area contributed by atoms with Crippen LogP contribution in [-0.4, -0.2) is 21.0 Å². The molecule has 0 saturated heterocycles. The number of carboxylic acids is 1. The number of hydrogen-bond acceptors (Lipinski definition) is 6. The van der Waals surface area contributed by atoms with E-state index in [0.717, 1.165) is 0 Å². The summed E-state index contributed by atoms with van der Waals surface area (Å²) in [6.45, 7) is 3.60. The molecule has 0 aliphatic heterocycles. The molecule has 0 aliphatic carbocycles. The van der Waals surface area contributed by atoms with Crippen molar-refractivity contribution in [3.05, 3.63) is 6.42 Å². The summed E-state index contributed by atoms with van der Waals surface area (Å²) in [4.78, 5) is 38.6. The maximum absolute atomic E-state index is 10.9. The summed E-state index contributed by atoms with van der Waals surface area (Å²) < 4.78 is 8.52. The molecular formula is C10H17NNa4O6Si. The Labute approximate surface area is 221 Å². The summed E-state index contributed by atoms with van der Waals surface area (Å²) >= 11 is 0. The number of primary amides is 1. The van der Waals surface area contributed by atoms with Crippen LogP contribution in [0, 0.1) is 18.3 Å². The summed E-state index contributed by atoms with van der Waals surface area (Å²) in [6, 6.07) is 0. The van der Waals surface area contributed by atoms with Gasteiger partial charge in [0.15, 0.2) is 0 Å². The van der Waals surface area contributed by atoms with Gasteiger partial charge in [0, 0.05) is 21.1 Å². The molecule has 106 valence electrons. The van der Waals surface area contributed by atoms with E-state index >= 15 is 0 Å². The van der Waals surface area contributed by atoms with Crippen LogP contribution < -0.4 is 139 Å². The first-order valence-electron chi connectivity index (χ1n) is 5.42. The van der Waals surface area contributed by atoms with Gasteiger partial charge in [0.05, 0.1) is 0 Å². The first kappa shape index (κ1) is 39.6. The summed E-state index contributed by atoms with van der Waals surface area (Å²) in [5, 5.41) is 10.7. The van der Waals surface area contributed by atoms with Crippen molar-refractivity contribution in [2.45, 2.75) is 33.1 Å². The molecule has 2 atom stereocenters.